The Morgan fingerprint density at radius 3 is 2.26 bits per heavy atom. The third kappa shape index (κ3) is 5.36. The zero-order chi connectivity index (χ0) is 30.3. The fourth-order valence-electron chi connectivity index (χ4n) is 6.98. The number of nitrogens with zero attached hydrogens (tertiary/aromatic N) is 4. The van der Waals surface area contributed by atoms with E-state index < -0.39 is 29.4 Å². The van der Waals surface area contributed by atoms with E-state index in [0.29, 0.717) is 25.4 Å². The average Bonchev–Trinajstić information content (AvgIpc) is 3.02. The molecule has 2 bridgehead atoms. The Bertz CT molecular complexity index is 1560. The van der Waals surface area contributed by atoms with Gasteiger partial charge in [0.15, 0.2) is 0 Å². The number of rotatable bonds is 8. The number of hydrogen-bond donors (Lipinski definition) is 1. The van der Waals surface area contributed by atoms with Gasteiger partial charge in [0.1, 0.15) is 23.9 Å². The fraction of sp³-hybridized carbons (Fsp3) is 0.394. The number of aliphatic hydroxyl groups is 1. The first-order valence-electron chi connectivity index (χ1n) is 14.6. The number of amides is 4. The summed E-state index contributed by atoms with van der Waals surface area (Å²) in [6.45, 7) is 2.11. The number of pyridine rings is 1. The molecule has 0 spiro atoms. The Hall–Kier alpha value is -4.28. The van der Waals surface area contributed by atoms with Gasteiger partial charge < -0.3 is 19.3 Å². The summed E-state index contributed by atoms with van der Waals surface area (Å²) in [5.41, 5.74) is 1.00. The molecule has 1 aromatic heterocycles. The zero-order valence-corrected chi connectivity index (χ0v) is 24.4. The molecule has 3 aromatic rings. The Morgan fingerprint density at radius 1 is 0.860 bits per heavy atom. The quantitative estimate of drug-likeness (QED) is 0.405. The Balaban J connectivity index is 1.23. The van der Waals surface area contributed by atoms with Gasteiger partial charge in [-0.3, -0.25) is 24.2 Å². The van der Waals surface area contributed by atoms with Gasteiger partial charge in [-0.05, 0) is 48.1 Å². The van der Waals surface area contributed by atoms with E-state index in [2.05, 4.69) is 4.90 Å². The van der Waals surface area contributed by atoms with E-state index in [0.717, 1.165) is 33.0 Å². The first-order valence-corrected chi connectivity index (χ1v) is 14.6. The van der Waals surface area contributed by atoms with Crippen molar-refractivity contribution in [2.75, 3.05) is 40.3 Å². The second-order valence-electron chi connectivity index (χ2n) is 12.0. The van der Waals surface area contributed by atoms with Crippen molar-refractivity contribution in [3.05, 3.63) is 100.0 Å². The molecule has 4 heterocycles. The van der Waals surface area contributed by atoms with Crippen LogP contribution in [0, 0.1) is 11.3 Å². The van der Waals surface area contributed by atoms with Crippen LogP contribution in [0.5, 0.6) is 5.75 Å². The normalized spacial score (nSPS) is 22.3. The number of likely N-dealkylation sites (tertiary alicyclic amines) is 1. The number of aliphatic hydroxyl groups excluding tert-OH is 1. The summed E-state index contributed by atoms with van der Waals surface area (Å²) in [6, 6.07) is 21.1. The molecule has 1 N–H and O–H groups in total. The van der Waals surface area contributed by atoms with Crippen LogP contribution in [-0.2, 0) is 22.6 Å². The number of carbonyl (C=O) groups excluding carboxylic acids is 3. The lowest BCUT2D eigenvalue weighted by Crippen LogP contribution is -2.67. The number of urea groups is 1. The molecule has 224 valence electrons. The minimum Gasteiger partial charge on any atom is -0.491 e. The Labute approximate surface area is 250 Å². The van der Waals surface area contributed by atoms with Crippen molar-refractivity contribution in [1.29, 1.82) is 0 Å². The highest BCUT2D eigenvalue weighted by Gasteiger charge is 2.56. The maximum atomic E-state index is 13.9. The average molecular weight is 585 g/mol. The number of barbiturate groups is 1. The molecule has 3 atom stereocenters. The third-order valence-electron chi connectivity index (χ3n) is 9.07. The minimum atomic E-state index is -1.49. The summed E-state index contributed by atoms with van der Waals surface area (Å²) < 4.78 is 7.66. The highest BCUT2D eigenvalue weighted by Crippen LogP contribution is 2.39. The molecule has 10 nitrogen and oxygen atoms in total. The van der Waals surface area contributed by atoms with Crippen LogP contribution in [0.25, 0.3) is 0 Å². The number of fused-ring (bicyclic) bond motifs is 4. The second kappa shape index (κ2) is 11.4. The van der Waals surface area contributed by atoms with E-state index in [9.17, 15) is 24.3 Å². The molecular formula is C33H36N4O6. The van der Waals surface area contributed by atoms with Crippen LogP contribution in [0.2, 0.25) is 0 Å². The number of ether oxygens (including phenoxy) is 1. The van der Waals surface area contributed by atoms with E-state index in [1.165, 1.54) is 14.1 Å². The summed E-state index contributed by atoms with van der Waals surface area (Å²) in [6.07, 6.45) is 0.287. The van der Waals surface area contributed by atoms with Gasteiger partial charge >= 0.3 is 6.03 Å². The van der Waals surface area contributed by atoms with E-state index in [1.807, 2.05) is 53.1 Å². The molecule has 3 aliphatic rings. The van der Waals surface area contributed by atoms with Gasteiger partial charge in [-0.2, -0.15) is 0 Å². The highest BCUT2D eigenvalue weighted by molar-refractivity contribution is 6.19. The summed E-state index contributed by atoms with van der Waals surface area (Å²) >= 11 is 0. The summed E-state index contributed by atoms with van der Waals surface area (Å²) in [7, 11) is 2.84. The van der Waals surface area contributed by atoms with Crippen LogP contribution in [0.4, 0.5) is 4.79 Å². The molecule has 43 heavy (non-hydrogen) atoms. The van der Waals surface area contributed by atoms with Crippen molar-refractivity contribution >= 4 is 17.8 Å². The summed E-state index contributed by atoms with van der Waals surface area (Å²) in [5, 5.41) is 10.4. The Morgan fingerprint density at radius 2 is 1.56 bits per heavy atom. The molecule has 2 saturated heterocycles. The zero-order valence-electron chi connectivity index (χ0n) is 24.4. The predicted octanol–water partition coefficient (Wildman–Crippen LogP) is 2.66. The Kier molecular flexibility index (Phi) is 7.66. The lowest BCUT2D eigenvalue weighted by atomic mass is 9.75. The monoisotopic (exact) mass is 584 g/mol. The number of piperidine rings is 1. The van der Waals surface area contributed by atoms with Gasteiger partial charge in [0, 0.05) is 58.0 Å². The lowest BCUT2D eigenvalue weighted by Gasteiger charge is -2.48. The van der Waals surface area contributed by atoms with Gasteiger partial charge in [-0.25, -0.2) is 4.79 Å². The smallest absolute Gasteiger partial charge is 0.332 e. The number of aromatic nitrogens is 1. The number of carbonyl (C=O) groups is 3. The van der Waals surface area contributed by atoms with Crippen molar-refractivity contribution in [2.24, 2.45) is 11.3 Å². The molecule has 6 rings (SSSR count). The number of benzene rings is 2. The second-order valence-corrected chi connectivity index (χ2v) is 12.0. The number of imide groups is 2. The van der Waals surface area contributed by atoms with Crippen LogP contribution in [0.15, 0.2) is 77.6 Å². The van der Waals surface area contributed by atoms with Gasteiger partial charge in [-0.15, -0.1) is 0 Å². The molecule has 2 aromatic carbocycles. The molecule has 0 unspecified atom stereocenters. The molecule has 0 radical (unpaired) electrons. The molecule has 2 fully saturated rings. The van der Waals surface area contributed by atoms with Crippen LogP contribution >= 0.6 is 0 Å². The first kappa shape index (κ1) is 28.8. The van der Waals surface area contributed by atoms with Crippen LogP contribution in [0.3, 0.4) is 0 Å². The van der Waals surface area contributed by atoms with E-state index >= 15 is 0 Å². The largest absolute Gasteiger partial charge is 0.491 e. The lowest BCUT2D eigenvalue weighted by molar-refractivity contribution is -0.159. The van der Waals surface area contributed by atoms with Crippen molar-refractivity contribution < 1.29 is 24.2 Å². The standard InChI is InChI=1S/C33H36N4O6/c1-34-30(40)33(31(41)35(2)32(34)42,21-36-17-23-15-25(19-36)27-9-6-10-29(39)37(27)18-23)16-22-11-13-26(14-12-22)43-20-28(38)24-7-4-3-5-8-24/h3-14,23,25,28,38H,15-21H2,1-2H3/t23-,25-,28+/m0/s1. The molecular weight excluding hydrogens is 548 g/mol. The molecule has 10 heteroatoms. The molecule has 3 aliphatic heterocycles. The van der Waals surface area contributed by atoms with Crippen molar-refractivity contribution in [3.8, 4) is 5.75 Å². The molecule has 0 saturated carbocycles. The fourth-order valence-corrected chi connectivity index (χ4v) is 6.98. The van der Waals surface area contributed by atoms with Crippen molar-refractivity contribution in [3.63, 3.8) is 0 Å². The maximum absolute atomic E-state index is 13.9. The highest BCUT2D eigenvalue weighted by atomic mass is 16.5. The SMILES string of the molecule is CN1C(=O)N(C)C(=O)C(Cc2ccc(OC[C@@H](O)c3ccccc3)cc2)(CN2C[C@@H]3C[C@@H](C2)c2cccc(=O)n2C3)C1=O. The van der Waals surface area contributed by atoms with Crippen LogP contribution in [0.1, 0.15) is 35.3 Å². The third-order valence-corrected chi connectivity index (χ3v) is 9.07. The predicted molar refractivity (Wildman–Crippen MR) is 158 cm³/mol. The first-order chi connectivity index (χ1) is 20.7. The van der Waals surface area contributed by atoms with Crippen LogP contribution in [-0.4, -0.2) is 82.6 Å². The topological polar surface area (TPSA) is 112 Å². The molecule has 4 amide bonds. The summed E-state index contributed by atoms with van der Waals surface area (Å²) in [4.78, 5) is 57.2. The van der Waals surface area contributed by atoms with Crippen molar-refractivity contribution in [2.45, 2.75) is 31.4 Å². The maximum Gasteiger partial charge on any atom is 0.332 e. The molecule has 0 aliphatic carbocycles. The van der Waals surface area contributed by atoms with E-state index in [-0.39, 0.29) is 37.0 Å². The minimum absolute atomic E-state index is 0.00137. The van der Waals surface area contributed by atoms with Gasteiger partial charge in [0.05, 0.1) is 0 Å². The van der Waals surface area contributed by atoms with E-state index in [1.54, 1.807) is 24.3 Å². The van der Waals surface area contributed by atoms with E-state index in [4.69, 9.17) is 4.74 Å². The summed E-state index contributed by atoms with van der Waals surface area (Å²) in [5.74, 6) is -0.140. The van der Waals surface area contributed by atoms with Gasteiger partial charge in [0.2, 0.25) is 11.8 Å². The van der Waals surface area contributed by atoms with Gasteiger partial charge in [-0.1, -0.05) is 48.5 Å². The van der Waals surface area contributed by atoms with Gasteiger partial charge in [0.25, 0.3) is 5.56 Å². The van der Waals surface area contributed by atoms with Crippen LogP contribution < -0.4 is 10.3 Å². The van der Waals surface area contributed by atoms with Crippen molar-refractivity contribution in [1.82, 2.24) is 19.3 Å². The number of hydrogen-bond acceptors (Lipinski definition) is 7.